The van der Waals surface area contributed by atoms with Crippen molar-refractivity contribution in [2.75, 3.05) is 0 Å². The van der Waals surface area contributed by atoms with E-state index < -0.39 is 15.8 Å². The minimum absolute atomic E-state index is 0.0444. The first kappa shape index (κ1) is 13.5. The van der Waals surface area contributed by atoms with Gasteiger partial charge in [0.05, 0.1) is 22.7 Å². The summed E-state index contributed by atoms with van der Waals surface area (Å²) in [6.45, 7) is 0.0864. The third kappa shape index (κ3) is 2.86. The third-order valence-electron chi connectivity index (χ3n) is 2.87. The van der Waals surface area contributed by atoms with Gasteiger partial charge in [-0.25, -0.2) is 17.9 Å². The monoisotopic (exact) mass is 305 g/mol. The van der Waals surface area contributed by atoms with Gasteiger partial charge in [0, 0.05) is 6.20 Å². The zero-order chi connectivity index (χ0) is 14.9. The molecule has 0 atom stereocenters. The second-order valence-electron chi connectivity index (χ2n) is 4.32. The highest BCUT2D eigenvalue weighted by Crippen LogP contribution is 2.16. The van der Waals surface area contributed by atoms with E-state index in [9.17, 15) is 13.2 Å². The number of aromatic nitrogens is 2. The van der Waals surface area contributed by atoms with E-state index in [2.05, 4.69) is 14.7 Å². The molecule has 0 saturated carbocycles. The van der Waals surface area contributed by atoms with E-state index in [-0.39, 0.29) is 11.4 Å². The number of nitrogens with zero attached hydrogens (tertiary/aromatic N) is 1. The summed E-state index contributed by atoms with van der Waals surface area (Å²) < 4.78 is 31.7. The SMILES string of the molecule is O=c1[nH]c2cc(S(=O)(=O)NCc3ccccn3)ccc2o1. The van der Waals surface area contributed by atoms with E-state index >= 15 is 0 Å². The van der Waals surface area contributed by atoms with Gasteiger partial charge in [-0.05, 0) is 30.3 Å². The average Bonchev–Trinajstić information content (AvgIpc) is 2.85. The van der Waals surface area contributed by atoms with E-state index in [4.69, 9.17) is 4.42 Å². The van der Waals surface area contributed by atoms with Crippen LogP contribution >= 0.6 is 0 Å². The maximum Gasteiger partial charge on any atom is 0.417 e. The predicted octanol–water partition coefficient (Wildman–Crippen LogP) is 0.995. The van der Waals surface area contributed by atoms with Gasteiger partial charge in [0.1, 0.15) is 0 Å². The molecule has 0 radical (unpaired) electrons. The summed E-state index contributed by atoms with van der Waals surface area (Å²) >= 11 is 0. The number of hydrogen-bond acceptors (Lipinski definition) is 5. The number of rotatable bonds is 4. The molecule has 2 aromatic heterocycles. The van der Waals surface area contributed by atoms with Gasteiger partial charge in [0.25, 0.3) is 0 Å². The van der Waals surface area contributed by atoms with E-state index in [1.165, 1.54) is 18.2 Å². The van der Waals surface area contributed by atoms with Crippen molar-refractivity contribution in [3.63, 3.8) is 0 Å². The Morgan fingerprint density at radius 1 is 1.24 bits per heavy atom. The van der Waals surface area contributed by atoms with Gasteiger partial charge in [-0.2, -0.15) is 0 Å². The minimum atomic E-state index is -3.69. The molecule has 0 saturated heterocycles. The van der Waals surface area contributed by atoms with Crippen LogP contribution in [0.5, 0.6) is 0 Å². The van der Waals surface area contributed by atoms with Crippen LogP contribution in [0.2, 0.25) is 0 Å². The van der Waals surface area contributed by atoms with Crippen LogP contribution in [0.1, 0.15) is 5.69 Å². The zero-order valence-electron chi connectivity index (χ0n) is 10.7. The Kier molecular flexibility index (Phi) is 3.32. The summed E-state index contributed by atoms with van der Waals surface area (Å²) in [5, 5.41) is 0. The predicted molar refractivity (Wildman–Crippen MR) is 75.1 cm³/mol. The molecule has 108 valence electrons. The van der Waals surface area contributed by atoms with Crippen molar-refractivity contribution >= 4 is 21.1 Å². The molecule has 1 aromatic carbocycles. The standard InChI is InChI=1S/C13H11N3O4S/c17-13-16-11-7-10(4-5-12(11)20-13)21(18,19)15-8-9-3-1-2-6-14-9/h1-7,15H,8H2,(H,16,17). The Morgan fingerprint density at radius 3 is 2.86 bits per heavy atom. The molecule has 8 heteroatoms. The highest BCUT2D eigenvalue weighted by Gasteiger charge is 2.15. The van der Waals surface area contributed by atoms with Gasteiger partial charge in [-0.15, -0.1) is 0 Å². The molecule has 0 bridgehead atoms. The molecule has 0 aliphatic heterocycles. The lowest BCUT2D eigenvalue weighted by atomic mass is 10.3. The number of nitrogens with one attached hydrogen (secondary N) is 2. The van der Waals surface area contributed by atoms with Crippen LogP contribution in [0.3, 0.4) is 0 Å². The van der Waals surface area contributed by atoms with E-state index in [0.717, 1.165) is 0 Å². The number of H-pyrrole nitrogens is 1. The van der Waals surface area contributed by atoms with E-state index in [1.54, 1.807) is 24.4 Å². The van der Waals surface area contributed by atoms with Gasteiger partial charge in [-0.1, -0.05) is 6.07 Å². The third-order valence-corrected chi connectivity index (χ3v) is 4.27. The van der Waals surface area contributed by atoms with E-state index in [1.807, 2.05) is 0 Å². The summed E-state index contributed by atoms with van der Waals surface area (Å²) in [4.78, 5) is 17.6. The first-order valence-electron chi connectivity index (χ1n) is 6.07. The van der Waals surface area contributed by atoms with Gasteiger partial charge < -0.3 is 4.42 Å². The molecule has 2 N–H and O–H groups in total. The normalized spacial score (nSPS) is 11.8. The number of hydrogen-bond donors (Lipinski definition) is 2. The molecule has 0 fully saturated rings. The fourth-order valence-corrected chi connectivity index (χ4v) is 2.88. The summed E-state index contributed by atoms with van der Waals surface area (Å²) in [6, 6.07) is 9.41. The molecule has 3 rings (SSSR count). The number of pyridine rings is 1. The first-order chi connectivity index (χ1) is 10.0. The van der Waals surface area contributed by atoms with Gasteiger partial charge in [-0.3, -0.25) is 9.97 Å². The fourth-order valence-electron chi connectivity index (χ4n) is 1.85. The van der Waals surface area contributed by atoms with Crippen LogP contribution in [0.15, 0.2) is 56.7 Å². The van der Waals surface area contributed by atoms with Crippen molar-refractivity contribution < 1.29 is 12.8 Å². The Morgan fingerprint density at radius 2 is 2.10 bits per heavy atom. The molecule has 21 heavy (non-hydrogen) atoms. The zero-order valence-corrected chi connectivity index (χ0v) is 11.6. The van der Waals surface area contributed by atoms with E-state index in [0.29, 0.717) is 16.8 Å². The second-order valence-corrected chi connectivity index (χ2v) is 6.09. The van der Waals surface area contributed by atoms with Crippen LogP contribution < -0.4 is 10.5 Å². The molecule has 3 aromatic rings. The molecule has 0 amide bonds. The van der Waals surface area contributed by atoms with Crippen molar-refractivity contribution in [1.29, 1.82) is 0 Å². The number of oxazole rings is 1. The minimum Gasteiger partial charge on any atom is -0.408 e. The Labute approximate surface area is 119 Å². The molecule has 0 unspecified atom stereocenters. The largest absolute Gasteiger partial charge is 0.417 e. The van der Waals surface area contributed by atoms with Crippen molar-refractivity contribution in [2.24, 2.45) is 0 Å². The quantitative estimate of drug-likeness (QED) is 0.748. The van der Waals surface area contributed by atoms with Crippen molar-refractivity contribution in [2.45, 2.75) is 11.4 Å². The fraction of sp³-hybridized carbons (Fsp3) is 0.0769. The van der Waals surface area contributed by atoms with Crippen LogP contribution in [0.4, 0.5) is 0 Å². The maximum atomic E-state index is 12.2. The second kappa shape index (κ2) is 5.15. The molecule has 0 spiro atoms. The molecule has 0 aliphatic rings. The highest BCUT2D eigenvalue weighted by atomic mass is 32.2. The van der Waals surface area contributed by atoms with Crippen LogP contribution in [0.25, 0.3) is 11.1 Å². The topological polar surface area (TPSA) is 105 Å². The summed E-state index contributed by atoms with van der Waals surface area (Å²) in [7, 11) is -3.69. The van der Waals surface area contributed by atoms with Crippen molar-refractivity contribution in [1.82, 2.24) is 14.7 Å². The maximum absolute atomic E-state index is 12.2. The van der Waals surface area contributed by atoms with Crippen molar-refractivity contribution in [3.8, 4) is 0 Å². The van der Waals surface area contributed by atoms with Crippen LogP contribution in [-0.4, -0.2) is 18.4 Å². The lowest BCUT2D eigenvalue weighted by Gasteiger charge is -2.06. The molecular weight excluding hydrogens is 294 g/mol. The first-order valence-corrected chi connectivity index (χ1v) is 7.55. The Hall–Kier alpha value is -2.45. The van der Waals surface area contributed by atoms with Gasteiger partial charge in [0.2, 0.25) is 10.0 Å². The summed E-state index contributed by atoms with van der Waals surface area (Å²) in [5.74, 6) is -0.624. The molecule has 2 heterocycles. The number of fused-ring (bicyclic) bond motifs is 1. The molecule has 0 aliphatic carbocycles. The average molecular weight is 305 g/mol. The summed E-state index contributed by atoms with van der Waals surface area (Å²) in [6.07, 6.45) is 1.59. The van der Waals surface area contributed by atoms with Gasteiger partial charge >= 0.3 is 5.76 Å². The Bertz CT molecular complexity index is 929. The number of benzene rings is 1. The number of sulfonamides is 1. The van der Waals surface area contributed by atoms with Crippen LogP contribution in [0, 0.1) is 0 Å². The van der Waals surface area contributed by atoms with Gasteiger partial charge in [0.15, 0.2) is 5.58 Å². The summed E-state index contributed by atoms with van der Waals surface area (Å²) in [5.41, 5.74) is 1.25. The lowest BCUT2D eigenvalue weighted by molar-refractivity contribution is 0.555. The van der Waals surface area contributed by atoms with Crippen molar-refractivity contribution in [3.05, 3.63) is 58.8 Å². The number of aromatic amines is 1. The lowest BCUT2D eigenvalue weighted by Crippen LogP contribution is -2.23. The molecular formula is C13H11N3O4S. The molecule has 7 nitrogen and oxygen atoms in total. The highest BCUT2D eigenvalue weighted by molar-refractivity contribution is 7.89. The van der Waals surface area contributed by atoms with Crippen LogP contribution in [-0.2, 0) is 16.6 Å². The Balaban J connectivity index is 1.87. The smallest absolute Gasteiger partial charge is 0.408 e.